The van der Waals surface area contributed by atoms with E-state index < -0.39 is 6.10 Å². The van der Waals surface area contributed by atoms with Crippen molar-refractivity contribution in [1.82, 2.24) is 0 Å². The van der Waals surface area contributed by atoms with E-state index in [9.17, 15) is 0 Å². The Hall–Kier alpha value is 0.554. The van der Waals surface area contributed by atoms with Crippen LogP contribution in [0.4, 0.5) is 0 Å². The molecule has 8 heavy (non-hydrogen) atoms. The van der Waals surface area contributed by atoms with Crippen molar-refractivity contribution in [2.24, 2.45) is 0 Å². The average Bonchev–Trinajstić information content (AvgIpc) is 1.65. The molecule has 0 radical (unpaired) electrons. The number of aliphatic hydroxyl groups excluding tert-OH is 3. The molecule has 0 rings (SSSR count). The van der Waals surface area contributed by atoms with Gasteiger partial charge in [-0.15, -0.1) is 0 Å². The molecule has 0 saturated heterocycles. The van der Waals surface area contributed by atoms with Crippen LogP contribution in [0.1, 0.15) is 0 Å². The molecule has 0 bridgehead atoms. The van der Waals surface area contributed by atoms with E-state index in [-0.39, 0.29) is 40.4 Å². The maximum absolute atomic E-state index is 8.17. The Kier molecular flexibility index (Phi) is 20.8. The molecule has 5 heteroatoms. The second-order valence-corrected chi connectivity index (χ2v) is 1.02. The fourth-order valence-electron chi connectivity index (χ4n) is 0.0577. The van der Waals surface area contributed by atoms with Gasteiger partial charge < -0.3 is 20.8 Å². The van der Waals surface area contributed by atoms with E-state index in [4.69, 9.17) is 15.3 Å². The average molecular weight is 158 g/mol. The fraction of sp³-hybridized carbons (Fsp3) is 1.00. The van der Waals surface area contributed by atoms with Crippen molar-refractivity contribution >= 4 is 0 Å². The van der Waals surface area contributed by atoms with Crippen LogP contribution in [0.3, 0.4) is 0 Å². The van der Waals surface area contributed by atoms with E-state index in [1.165, 1.54) is 0 Å². The molecule has 4 nitrogen and oxygen atoms in total. The van der Waals surface area contributed by atoms with Crippen LogP contribution in [0.2, 0.25) is 0 Å². The van der Waals surface area contributed by atoms with Gasteiger partial charge in [-0.25, -0.2) is 0 Å². The Morgan fingerprint density at radius 1 is 1.12 bits per heavy atom. The van der Waals surface area contributed by atoms with Crippen LogP contribution in [-0.2, 0) is 21.7 Å². The Labute approximate surface area is 62.3 Å². The van der Waals surface area contributed by atoms with Crippen molar-refractivity contribution in [2.45, 2.75) is 6.10 Å². The molecule has 0 fully saturated rings. The summed E-state index contributed by atoms with van der Waals surface area (Å²) in [5.41, 5.74) is 0. The quantitative estimate of drug-likeness (QED) is 0.388. The van der Waals surface area contributed by atoms with E-state index >= 15 is 0 Å². The van der Waals surface area contributed by atoms with Crippen LogP contribution >= 0.6 is 0 Å². The van der Waals surface area contributed by atoms with Crippen LogP contribution in [-0.4, -0.2) is 40.1 Å². The zero-order valence-corrected chi connectivity index (χ0v) is 5.89. The smallest absolute Gasteiger partial charge is 0.100 e. The molecule has 0 amide bonds. The van der Waals surface area contributed by atoms with Gasteiger partial charge in [0.15, 0.2) is 0 Å². The molecule has 0 aliphatic rings. The Morgan fingerprint density at radius 2 is 1.38 bits per heavy atom. The van der Waals surface area contributed by atoms with Crippen molar-refractivity contribution in [3.05, 3.63) is 0 Å². The maximum atomic E-state index is 8.17. The first-order valence-corrected chi connectivity index (χ1v) is 1.71. The van der Waals surface area contributed by atoms with Gasteiger partial charge in [0.1, 0.15) is 6.10 Å². The molecule has 0 heterocycles. The molecule has 5 N–H and O–H groups in total. The summed E-state index contributed by atoms with van der Waals surface area (Å²) in [7, 11) is 0. The van der Waals surface area contributed by atoms with Crippen LogP contribution in [0, 0.1) is 0 Å². The fourth-order valence-corrected chi connectivity index (χ4v) is 0.0577. The van der Waals surface area contributed by atoms with Gasteiger partial charge in [0.25, 0.3) is 0 Å². The van der Waals surface area contributed by atoms with Crippen LogP contribution < -0.4 is 0 Å². The van der Waals surface area contributed by atoms with Gasteiger partial charge in [0.05, 0.1) is 13.2 Å². The zero-order valence-electron chi connectivity index (χ0n) is 4.33. The second-order valence-electron chi connectivity index (χ2n) is 1.02. The van der Waals surface area contributed by atoms with Gasteiger partial charge in [-0.2, -0.15) is 0 Å². The molecule has 50 valence electrons. The van der Waals surface area contributed by atoms with E-state index in [1.807, 2.05) is 0 Å². The van der Waals surface area contributed by atoms with Gasteiger partial charge in [-0.05, 0) is 0 Å². The zero-order chi connectivity index (χ0) is 4.99. The third kappa shape index (κ3) is 9.75. The van der Waals surface area contributed by atoms with E-state index in [2.05, 4.69) is 0 Å². The molecule has 0 saturated carbocycles. The molecular formula is C3H10O4Ti. The van der Waals surface area contributed by atoms with Crippen LogP contribution in [0.15, 0.2) is 0 Å². The van der Waals surface area contributed by atoms with Gasteiger partial charge in [-0.3, -0.25) is 0 Å². The van der Waals surface area contributed by atoms with Crippen molar-refractivity contribution in [3.63, 3.8) is 0 Å². The largest absolute Gasteiger partial charge is 0.412 e. The van der Waals surface area contributed by atoms with Crippen LogP contribution in [0.5, 0.6) is 0 Å². The summed E-state index contributed by atoms with van der Waals surface area (Å²) < 4.78 is 0. The second kappa shape index (κ2) is 10.5. The standard InChI is InChI=1S/C3H8O3.H2O.Ti/c4-1-3(6)2-5;;/h3-6H,1-2H2;1H2;. The molecule has 0 aromatic rings. The topological polar surface area (TPSA) is 92.2 Å². The molecular weight excluding hydrogens is 148 g/mol. The minimum Gasteiger partial charge on any atom is -0.412 e. The number of rotatable bonds is 2. The first kappa shape index (κ1) is 15.8. The first-order chi connectivity index (χ1) is 2.81. The molecule has 0 aliphatic heterocycles. The van der Waals surface area contributed by atoms with Crippen molar-refractivity contribution < 1.29 is 42.5 Å². The first-order valence-electron chi connectivity index (χ1n) is 1.71. The van der Waals surface area contributed by atoms with E-state index in [1.54, 1.807) is 0 Å². The Bertz CT molecular complexity index is 30.5. The van der Waals surface area contributed by atoms with Crippen LogP contribution in [0.25, 0.3) is 0 Å². The van der Waals surface area contributed by atoms with E-state index in [0.29, 0.717) is 0 Å². The maximum Gasteiger partial charge on any atom is 0.100 e. The van der Waals surface area contributed by atoms with Gasteiger partial charge >= 0.3 is 0 Å². The van der Waals surface area contributed by atoms with E-state index in [0.717, 1.165) is 0 Å². The molecule has 0 aromatic carbocycles. The molecule has 0 unspecified atom stereocenters. The summed E-state index contributed by atoms with van der Waals surface area (Å²) in [5.74, 6) is 0. The minimum absolute atomic E-state index is 0. The van der Waals surface area contributed by atoms with Crippen molar-refractivity contribution in [3.8, 4) is 0 Å². The van der Waals surface area contributed by atoms with Gasteiger partial charge in [-0.1, -0.05) is 0 Å². The number of hydrogen-bond donors (Lipinski definition) is 3. The Balaban J connectivity index is -0.000000125. The van der Waals surface area contributed by atoms with Crippen molar-refractivity contribution in [1.29, 1.82) is 0 Å². The minimum atomic E-state index is -0.954. The summed E-state index contributed by atoms with van der Waals surface area (Å²) in [5, 5.41) is 24.0. The predicted octanol–water partition coefficient (Wildman–Crippen LogP) is -2.50. The molecule has 0 atom stereocenters. The third-order valence-corrected chi connectivity index (χ3v) is 0.421. The summed E-state index contributed by atoms with van der Waals surface area (Å²) in [6.45, 7) is -0.729. The Morgan fingerprint density at radius 3 is 1.38 bits per heavy atom. The van der Waals surface area contributed by atoms with Crippen molar-refractivity contribution in [2.75, 3.05) is 13.2 Å². The van der Waals surface area contributed by atoms with Gasteiger partial charge in [0, 0.05) is 21.7 Å². The molecule has 0 aliphatic carbocycles. The van der Waals surface area contributed by atoms with Gasteiger partial charge in [0.2, 0.25) is 0 Å². The third-order valence-electron chi connectivity index (χ3n) is 0.421. The number of hydrogen-bond acceptors (Lipinski definition) is 3. The normalized spacial score (nSPS) is 7.50. The summed E-state index contributed by atoms with van der Waals surface area (Å²) in [6, 6.07) is 0. The molecule has 0 spiro atoms. The summed E-state index contributed by atoms with van der Waals surface area (Å²) in [4.78, 5) is 0. The molecule has 0 aromatic heterocycles. The number of aliphatic hydroxyl groups is 3. The predicted molar refractivity (Wildman–Crippen MR) is 23.8 cm³/mol. The summed E-state index contributed by atoms with van der Waals surface area (Å²) in [6.07, 6.45) is -0.954. The summed E-state index contributed by atoms with van der Waals surface area (Å²) >= 11 is 0. The monoisotopic (exact) mass is 158 g/mol. The SMILES string of the molecule is O.OCC(O)CO.[Ti].